The van der Waals surface area contributed by atoms with E-state index in [0.717, 1.165) is 5.56 Å². The minimum Gasteiger partial charge on any atom is -0.480 e. The number of carbonyl (C=O) groups is 3. The molecule has 0 fully saturated rings. The molecule has 1 aromatic heterocycles. The molecule has 2 aromatic rings. The number of benzene rings is 1. The van der Waals surface area contributed by atoms with E-state index in [-0.39, 0.29) is 18.9 Å². The van der Waals surface area contributed by atoms with Gasteiger partial charge in [-0.1, -0.05) is 63.9 Å². The molecule has 0 amide bonds. The Kier molecular flexibility index (Phi) is 8.59. The van der Waals surface area contributed by atoms with Crippen molar-refractivity contribution in [2.75, 3.05) is 0 Å². The molecular weight excluding hydrogens is 531 g/mol. The van der Waals surface area contributed by atoms with Gasteiger partial charge in [0.2, 0.25) is 0 Å². The Hall–Kier alpha value is -2.58. The average molecular weight is 568 g/mol. The van der Waals surface area contributed by atoms with Gasteiger partial charge in [0, 0.05) is 12.5 Å². The van der Waals surface area contributed by atoms with E-state index in [1.165, 1.54) is 0 Å². The number of carboxylic acids is 3. The lowest BCUT2D eigenvalue weighted by Gasteiger charge is -2.55. The maximum absolute atomic E-state index is 13.1. The van der Waals surface area contributed by atoms with Crippen LogP contribution in [0.25, 0.3) is 0 Å². The Bertz CT molecular complexity index is 1210. The summed E-state index contributed by atoms with van der Waals surface area (Å²) < 4.78 is 1.86. The molecule has 0 aliphatic heterocycles. The zero-order chi connectivity index (χ0) is 28.6. The second-order valence-electron chi connectivity index (χ2n) is 10.5. The van der Waals surface area contributed by atoms with Gasteiger partial charge >= 0.3 is 17.9 Å². The second-order valence-corrected chi connectivity index (χ2v) is 11.3. The molecule has 1 aliphatic rings. The third-order valence-electron chi connectivity index (χ3n) is 8.78. The number of nitrogens with zero attached hydrogens (tertiary/aromatic N) is 2. The fraction of sp³-hybridized carbons (Fsp3) is 0.571. The van der Waals surface area contributed by atoms with Gasteiger partial charge in [-0.3, -0.25) is 14.4 Å². The summed E-state index contributed by atoms with van der Waals surface area (Å²) in [6, 6.07) is 5.16. The monoisotopic (exact) mass is 566 g/mol. The maximum Gasteiger partial charge on any atom is 0.333 e. The third kappa shape index (κ3) is 4.11. The molecule has 8 nitrogen and oxygen atoms in total. The van der Waals surface area contributed by atoms with E-state index in [4.69, 9.17) is 28.2 Å². The summed E-state index contributed by atoms with van der Waals surface area (Å²) in [6.45, 7) is 9.58. The lowest BCUT2D eigenvalue weighted by Crippen LogP contribution is -2.67. The van der Waals surface area contributed by atoms with E-state index in [1.54, 1.807) is 25.1 Å². The molecule has 10 heteroatoms. The van der Waals surface area contributed by atoms with Crippen molar-refractivity contribution in [1.29, 1.82) is 0 Å². The Labute approximate surface area is 233 Å². The van der Waals surface area contributed by atoms with Gasteiger partial charge in [-0.25, -0.2) is 4.98 Å². The summed E-state index contributed by atoms with van der Waals surface area (Å²) in [5, 5.41) is 32.5. The topological polar surface area (TPSA) is 130 Å². The highest BCUT2D eigenvalue weighted by Gasteiger charge is 2.75. The SMILES string of the molecule is CCC1(CC)CCCc2nc(C(C)C)n(Cc3ccc(Cl)c(Cl)c3)c2C1(CC)C(C(=O)O)(C(=O)O)C(=O)O. The Morgan fingerprint density at radius 2 is 1.58 bits per heavy atom. The van der Waals surface area contributed by atoms with Crippen molar-refractivity contribution in [2.24, 2.45) is 10.8 Å². The normalized spacial score (nSPS) is 19.2. The van der Waals surface area contributed by atoms with Gasteiger partial charge in [-0.15, -0.1) is 0 Å². The summed E-state index contributed by atoms with van der Waals surface area (Å²) >= 11 is 12.4. The van der Waals surface area contributed by atoms with Crippen molar-refractivity contribution >= 4 is 41.1 Å². The van der Waals surface area contributed by atoms with Crippen LogP contribution in [0.15, 0.2) is 18.2 Å². The van der Waals surface area contributed by atoms with Crippen molar-refractivity contribution in [3.8, 4) is 0 Å². The number of hydrogen-bond acceptors (Lipinski definition) is 4. The molecule has 0 radical (unpaired) electrons. The number of halogens is 2. The van der Waals surface area contributed by atoms with Crippen molar-refractivity contribution in [3.63, 3.8) is 0 Å². The van der Waals surface area contributed by atoms with Crippen molar-refractivity contribution in [2.45, 2.75) is 91.0 Å². The van der Waals surface area contributed by atoms with Crippen LogP contribution in [0.5, 0.6) is 0 Å². The minimum atomic E-state index is -3.14. The molecule has 1 heterocycles. The van der Waals surface area contributed by atoms with Crippen LogP contribution in [0.1, 0.15) is 95.4 Å². The molecule has 0 bridgehead atoms. The van der Waals surface area contributed by atoms with Crippen LogP contribution in [0.3, 0.4) is 0 Å². The molecule has 38 heavy (non-hydrogen) atoms. The average Bonchev–Trinajstić information content (AvgIpc) is 3.13. The fourth-order valence-electron chi connectivity index (χ4n) is 7.07. The zero-order valence-electron chi connectivity index (χ0n) is 22.5. The van der Waals surface area contributed by atoms with Gasteiger partial charge in [-0.05, 0) is 61.6 Å². The van der Waals surface area contributed by atoms with E-state index in [1.807, 2.05) is 32.3 Å². The number of aromatic nitrogens is 2. The zero-order valence-corrected chi connectivity index (χ0v) is 24.0. The van der Waals surface area contributed by atoms with Crippen molar-refractivity contribution in [3.05, 3.63) is 51.0 Å². The predicted octanol–water partition coefficient (Wildman–Crippen LogP) is 6.39. The van der Waals surface area contributed by atoms with E-state index < -0.39 is 34.2 Å². The molecule has 0 spiro atoms. The lowest BCUT2D eigenvalue weighted by atomic mass is 9.45. The van der Waals surface area contributed by atoms with Crippen LogP contribution in [0, 0.1) is 10.8 Å². The highest BCUT2D eigenvalue weighted by molar-refractivity contribution is 6.42. The van der Waals surface area contributed by atoms with Gasteiger partial charge in [-0.2, -0.15) is 0 Å². The first-order valence-electron chi connectivity index (χ1n) is 13.0. The van der Waals surface area contributed by atoms with E-state index in [2.05, 4.69) is 0 Å². The number of fused-ring (bicyclic) bond motifs is 1. The molecule has 0 saturated heterocycles. The summed E-state index contributed by atoms with van der Waals surface area (Å²) in [4.78, 5) is 44.2. The van der Waals surface area contributed by atoms with Gasteiger partial charge < -0.3 is 19.9 Å². The predicted molar refractivity (Wildman–Crippen MR) is 145 cm³/mol. The fourth-order valence-corrected chi connectivity index (χ4v) is 7.39. The Morgan fingerprint density at radius 3 is 2.03 bits per heavy atom. The molecule has 1 aliphatic carbocycles. The van der Waals surface area contributed by atoms with Gasteiger partial charge in [0.05, 0.1) is 26.8 Å². The molecule has 3 rings (SSSR count). The first-order chi connectivity index (χ1) is 17.8. The standard InChI is InChI=1S/C28H36Cl2N2O6/c1-6-26(7-2)13-9-10-20-21(27(26,8-3)28(23(33)34,24(35)36)25(37)38)32(22(31-20)16(4)5)15-17-11-12-18(29)19(30)14-17/h11-12,14,16H,6-10,13,15H2,1-5H3,(H,33,34)(H,35,36)(H,37,38). The van der Waals surface area contributed by atoms with Gasteiger partial charge in [0.25, 0.3) is 5.41 Å². The van der Waals surface area contributed by atoms with E-state index in [9.17, 15) is 29.7 Å². The highest BCUT2D eigenvalue weighted by Crippen LogP contribution is 2.63. The number of carboxylic acid groups (broad SMARTS) is 3. The number of hydrogen-bond donors (Lipinski definition) is 3. The lowest BCUT2D eigenvalue weighted by molar-refractivity contribution is -0.191. The number of imidazole rings is 1. The maximum atomic E-state index is 13.1. The molecule has 3 N–H and O–H groups in total. The Balaban J connectivity index is 2.60. The summed E-state index contributed by atoms with van der Waals surface area (Å²) in [7, 11) is 0. The van der Waals surface area contributed by atoms with Crippen LogP contribution < -0.4 is 0 Å². The van der Waals surface area contributed by atoms with E-state index in [0.29, 0.717) is 59.4 Å². The molecule has 1 atom stereocenters. The second kappa shape index (κ2) is 10.9. The highest BCUT2D eigenvalue weighted by atomic mass is 35.5. The van der Waals surface area contributed by atoms with E-state index >= 15 is 0 Å². The van der Waals surface area contributed by atoms with Crippen LogP contribution in [-0.4, -0.2) is 42.8 Å². The first kappa shape index (κ1) is 30.0. The molecule has 1 aromatic carbocycles. The largest absolute Gasteiger partial charge is 0.480 e. The number of rotatable bonds is 10. The quantitative estimate of drug-likeness (QED) is 0.224. The molecule has 1 unspecified atom stereocenters. The minimum absolute atomic E-state index is 0.0167. The van der Waals surface area contributed by atoms with Gasteiger partial charge in [0.15, 0.2) is 0 Å². The number of aryl methyl sites for hydroxylation is 1. The third-order valence-corrected chi connectivity index (χ3v) is 9.51. The van der Waals surface area contributed by atoms with Crippen molar-refractivity contribution in [1.82, 2.24) is 9.55 Å². The Morgan fingerprint density at radius 1 is 1.00 bits per heavy atom. The summed E-state index contributed by atoms with van der Waals surface area (Å²) in [6.07, 6.45) is 2.39. The van der Waals surface area contributed by atoms with Crippen LogP contribution >= 0.6 is 23.2 Å². The van der Waals surface area contributed by atoms with Crippen LogP contribution in [-0.2, 0) is 32.8 Å². The van der Waals surface area contributed by atoms with Crippen LogP contribution in [0.2, 0.25) is 10.0 Å². The van der Waals surface area contributed by atoms with Crippen molar-refractivity contribution < 1.29 is 29.7 Å². The molecule has 208 valence electrons. The number of aliphatic carboxylic acids is 3. The van der Waals surface area contributed by atoms with Gasteiger partial charge in [0.1, 0.15) is 5.82 Å². The first-order valence-corrected chi connectivity index (χ1v) is 13.8. The van der Waals surface area contributed by atoms with Crippen LogP contribution in [0.4, 0.5) is 0 Å². The molecule has 0 saturated carbocycles. The summed E-state index contributed by atoms with van der Waals surface area (Å²) in [5.41, 5.74) is -4.19. The summed E-state index contributed by atoms with van der Waals surface area (Å²) in [5.74, 6) is -5.12. The smallest absolute Gasteiger partial charge is 0.333 e. The molecular formula is C28H36Cl2N2O6.